The smallest absolute Gasteiger partial charge is 0.339 e. The largest absolute Gasteiger partial charge is 0.497 e. The number of hydrogen-bond acceptors (Lipinski definition) is 3. The molecule has 20 heavy (non-hydrogen) atoms. The zero-order valence-electron chi connectivity index (χ0n) is 10.8. The van der Waals surface area contributed by atoms with E-state index in [1.54, 1.807) is 19.2 Å². The summed E-state index contributed by atoms with van der Waals surface area (Å²) in [5, 5.41) is 9.15. The SMILES string of the molecule is COc1cccc(COc2ccc(Br)cc2C(=O)O)c1. The fourth-order valence-corrected chi connectivity index (χ4v) is 2.08. The second kappa shape index (κ2) is 6.43. The summed E-state index contributed by atoms with van der Waals surface area (Å²) in [5.41, 5.74) is 1.03. The highest BCUT2D eigenvalue weighted by atomic mass is 79.9. The first-order valence-corrected chi connectivity index (χ1v) is 6.68. The van der Waals surface area contributed by atoms with E-state index in [0.29, 0.717) is 10.2 Å². The predicted molar refractivity (Wildman–Crippen MR) is 78.4 cm³/mol. The Balaban J connectivity index is 2.16. The Kier molecular flexibility index (Phi) is 4.63. The van der Waals surface area contributed by atoms with Gasteiger partial charge in [-0.25, -0.2) is 4.79 Å². The first-order chi connectivity index (χ1) is 9.60. The molecule has 2 aromatic carbocycles. The molecule has 104 valence electrons. The van der Waals surface area contributed by atoms with Crippen molar-refractivity contribution in [2.45, 2.75) is 6.61 Å². The quantitative estimate of drug-likeness (QED) is 0.903. The standard InChI is InChI=1S/C15H13BrO4/c1-19-12-4-2-3-10(7-12)9-20-14-6-5-11(16)8-13(14)15(17)18/h2-8H,9H2,1H3,(H,17,18). The van der Waals surface area contributed by atoms with Crippen molar-refractivity contribution >= 4 is 21.9 Å². The zero-order chi connectivity index (χ0) is 14.5. The minimum absolute atomic E-state index is 0.127. The lowest BCUT2D eigenvalue weighted by Gasteiger charge is -2.10. The zero-order valence-corrected chi connectivity index (χ0v) is 12.4. The summed E-state index contributed by atoms with van der Waals surface area (Å²) in [6.45, 7) is 0.277. The number of benzene rings is 2. The lowest BCUT2D eigenvalue weighted by molar-refractivity contribution is 0.0691. The molecule has 0 amide bonds. The Morgan fingerprint density at radius 1 is 1.25 bits per heavy atom. The van der Waals surface area contributed by atoms with Gasteiger partial charge in [-0.05, 0) is 35.9 Å². The molecule has 0 aliphatic carbocycles. The minimum atomic E-state index is -1.02. The monoisotopic (exact) mass is 336 g/mol. The predicted octanol–water partition coefficient (Wildman–Crippen LogP) is 3.73. The van der Waals surface area contributed by atoms with Crippen molar-refractivity contribution in [2.24, 2.45) is 0 Å². The second-order valence-electron chi connectivity index (χ2n) is 4.09. The summed E-state index contributed by atoms with van der Waals surface area (Å²) >= 11 is 3.24. The van der Waals surface area contributed by atoms with E-state index in [-0.39, 0.29) is 12.2 Å². The summed E-state index contributed by atoms with van der Waals surface area (Å²) in [4.78, 5) is 11.2. The summed E-state index contributed by atoms with van der Waals surface area (Å²) in [5.74, 6) is 0.0517. The first kappa shape index (κ1) is 14.4. The molecule has 0 fully saturated rings. The van der Waals surface area contributed by atoms with E-state index in [1.807, 2.05) is 24.3 Å². The lowest BCUT2D eigenvalue weighted by Crippen LogP contribution is -2.03. The molecule has 2 rings (SSSR count). The van der Waals surface area contributed by atoms with Gasteiger partial charge in [0.05, 0.1) is 7.11 Å². The van der Waals surface area contributed by atoms with Crippen molar-refractivity contribution in [3.8, 4) is 11.5 Å². The molecule has 0 aliphatic rings. The maximum atomic E-state index is 11.2. The van der Waals surface area contributed by atoms with Gasteiger partial charge in [0.25, 0.3) is 0 Å². The van der Waals surface area contributed by atoms with Crippen LogP contribution >= 0.6 is 15.9 Å². The minimum Gasteiger partial charge on any atom is -0.497 e. The Morgan fingerprint density at radius 3 is 2.75 bits per heavy atom. The summed E-state index contributed by atoms with van der Waals surface area (Å²) in [6.07, 6.45) is 0. The maximum absolute atomic E-state index is 11.2. The first-order valence-electron chi connectivity index (χ1n) is 5.88. The Bertz CT molecular complexity index is 625. The number of carboxylic acids is 1. The van der Waals surface area contributed by atoms with Crippen LogP contribution in [0.4, 0.5) is 0 Å². The van der Waals surface area contributed by atoms with E-state index in [4.69, 9.17) is 14.6 Å². The van der Waals surface area contributed by atoms with Gasteiger partial charge in [0.2, 0.25) is 0 Å². The number of methoxy groups -OCH3 is 1. The van der Waals surface area contributed by atoms with Crippen molar-refractivity contribution in [1.29, 1.82) is 0 Å². The molecule has 0 radical (unpaired) electrons. The molecule has 0 unspecified atom stereocenters. The van der Waals surface area contributed by atoms with E-state index < -0.39 is 5.97 Å². The number of rotatable bonds is 5. The highest BCUT2D eigenvalue weighted by molar-refractivity contribution is 9.10. The highest BCUT2D eigenvalue weighted by Crippen LogP contribution is 2.24. The van der Waals surface area contributed by atoms with Gasteiger partial charge in [0.15, 0.2) is 0 Å². The van der Waals surface area contributed by atoms with Crippen molar-refractivity contribution in [3.05, 3.63) is 58.1 Å². The Labute approximate surface area is 125 Å². The number of aromatic carboxylic acids is 1. The molecule has 5 heteroatoms. The molecular formula is C15H13BrO4. The normalized spacial score (nSPS) is 10.1. The van der Waals surface area contributed by atoms with Gasteiger partial charge in [0, 0.05) is 4.47 Å². The molecule has 0 bridgehead atoms. The van der Waals surface area contributed by atoms with Crippen LogP contribution in [0.15, 0.2) is 46.9 Å². The van der Waals surface area contributed by atoms with Gasteiger partial charge in [-0.2, -0.15) is 0 Å². The highest BCUT2D eigenvalue weighted by Gasteiger charge is 2.12. The molecule has 2 aromatic rings. The number of halogens is 1. The van der Waals surface area contributed by atoms with Crippen LogP contribution in [0.5, 0.6) is 11.5 Å². The number of carboxylic acid groups (broad SMARTS) is 1. The van der Waals surface area contributed by atoms with Crippen LogP contribution in [-0.2, 0) is 6.61 Å². The van der Waals surface area contributed by atoms with Crippen molar-refractivity contribution in [3.63, 3.8) is 0 Å². The molecule has 0 saturated heterocycles. The third-order valence-electron chi connectivity index (χ3n) is 2.70. The van der Waals surface area contributed by atoms with Crippen LogP contribution in [0.1, 0.15) is 15.9 Å². The van der Waals surface area contributed by atoms with Crippen LogP contribution in [-0.4, -0.2) is 18.2 Å². The molecular weight excluding hydrogens is 324 g/mol. The summed E-state index contributed by atoms with van der Waals surface area (Å²) in [6, 6.07) is 12.3. The topological polar surface area (TPSA) is 55.8 Å². The molecule has 0 aliphatic heterocycles. The van der Waals surface area contributed by atoms with E-state index in [2.05, 4.69) is 15.9 Å². The third-order valence-corrected chi connectivity index (χ3v) is 3.19. The van der Waals surface area contributed by atoms with Crippen LogP contribution in [0.2, 0.25) is 0 Å². The van der Waals surface area contributed by atoms with E-state index >= 15 is 0 Å². The fourth-order valence-electron chi connectivity index (χ4n) is 1.72. The Morgan fingerprint density at radius 2 is 2.05 bits per heavy atom. The molecule has 0 saturated carbocycles. The Hall–Kier alpha value is -2.01. The van der Waals surface area contributed by atoms with Gasteiger partial charge in [-0.3, -0.25) is 0 Å². The molecule has 0 aromatic heterocycles. The lowest BCUT2D eigenvalue weighted by atomic mass is 10.2. The van der Waals surface area contributed by atoms with Crippen molar-refractivity contribution in [1.82, 2.24) is 0 Å². The van der Waals surface area contributed by atoms with Crippen LogP contribution < -0.4 is 9.47 Å². The average Bonchev–Trinajstić information content (AvgIpc) is 2.46. The van der Waals surface area contributed by atoms with Gasteiger partial charge in [-0.1, -0.05) is 28.1 Å². The fraction of sp³-hybridized carbons (Fsp3) is 0.133. The van der Waals surface area contributed by atoms with Crippen molar-refractivity contribution in [2.75, 3.05) is 7.11 Å². The van der Waals surface area contributed by atoms with Gasteiger partial charge in [-0.15, -0.1) is 0 Å². The number of carbonyl (C=O) groups is 1. The van der Waals surface area contributed by atoms with E-state index in [1.165, 1.54) is 6.07 Å². The molecule has 4 nitrogen and oxygen atoms in total. The van der Waals surface area contributed by atoms with E-state index in [0.717, 1.165) is 11.3 Å². The van der Waals surface area contributed by atoms with Crippen molar-refractivity contribution < 1.29 is 19.4 Å². The average molecular weight is 337 g/mol. The third kappa shape index (κ3) is 3.51. The van der Waals surface area contributed by atoms with Gasteiger partial charge >= 0.3 is 5.97 Å². The summed E-state index contributed by atoms with van der Waals surface area (Å²) < 4.78 is 11.4. The summed E-state index contributed by atoms with van der Waals surface area (Å²) in [7, 11) is 1.59. The van der Waals surface area contributed by atoms with Crippen LogP contribution in [0.3, 0.4) is 0 Å². The van der Waals surface area contributed by atoms with Gasteiger partial charge < -0.3 is 14.6 Å². The molecule has 1 N–H and O–H groups in total. The molecule has 0 atom stereocenters. The maximum Gasteiger partial charge on any atom is 0.339 e. The van der Waals surface area contributed by atoms with Crippen LogP contribution in [0, 0.1) is 0 Å². The molecule has 0 spiro atoms. The van der Waals surface area contributed by atoms with Gasteiger partial charge in [0.1, 0.15) is 23.7 Å². The second-order valence-corrected chi connectivity index (χ2v) is 5.00. The molecule has 0 heterocycles. The van der Waals surface area contributed by atoms with E-state index in [9.17, 15) is 4.79 Å². The number of hydrogen-bond donors (Lipinski definition) is 1. The van der Waals surface area contributed by atoms with Crippen LogP contribution in [0.25, 0.3) is 0 Å². The number of ether oxygens (including phenoxy) is 2.